The average Bonchev–Trinajstić information content (AvgIpc) is 3.06. The SMILES string of the molecule is CCc1cc2c(CSc3nnc(-c4ccccc4F)n3N)cc(=O)oc2cc1O. The van der Waals surface area contributed by atoms with Crippen molar-refractivity contribution in [2.45, 2.75) is 24.3 Å². The molecule has 0 unspecified atom stereocenters. The number of aryl methyl sites for hydroxylation is 1. The quantitative estimate of drug-likeness (QED) is 0.294. The molecular weight excluding hydrogens is 395 g/mol. The van der Waals surface area contributed by atoms with Crippen molar-refractivity contribution in [3.63, 3.8) is 0 Å². The van der Waals surface area contributed by atoms with Gasteiger partial charge in [0.2, 0.25) is 5.16 Å². The zero-order valence-corrected chi connectivity index (χ0v) is 16.2. The number of fused-ring (bicyclic) bond motifs is 1. The van der Waals surface area contributed by atoms with Crippen molar-refractivity contribution in [3.8, 4) is 17.1 Å². The zero-order chi connectivity index (χ0) is 20.5. The van der Waals surface area contributed by atoms with Crippen LogP contribution in [0.5, 0.6) is 5.75 Å². The van der Waals surface area contributed by atoms with Crippen LogP contribution in [0.25, 0.3) is 22.4 Å². The molecule has 0 aliphatic carbocycles. The summed E-state index contributed by atoms with van der Waals surface area (Å²) in [6, 6.07) is 10.8. The minimum absolute atomic E-state index is 0.0872. The summed E-state index contributed by atoms with van der Waals surface area (Å²) in [4.78, 5) is 11.9. The van der Waals surface area contributed by atoms with E-state index in [9.17, 15) is 14.3 Å². The van der Waals surface area contributed by atoms with E-state index in [0.717, 1.165) is 10.9 Å². The molecule has 0 saturated carbocycles. The van der Waals surface area contributed by atoms with E-state index in [0.29, 0.717) is 28.5 Å². The first-order chi connectivity index (χ1) is 14.0. The molecule has 2 heterocycles. The molecule has 0 fully saturated rings. The molecule has 0 aliphatic heterocycles. The Bertz CT molecular complexity index is 1270. The van der Waals surface area contributed by atoms with Gasteiger partial charge in [0.25, 0.3) is 0 Å². The van der Waals surface area contributed by atoms with Gasteiger partial charge in [-0.05, 0) is 35.7 Å². The van der Waals surface area contributed by atoms with Crippen molar-refractivity contribution in [3.05, 3.63) is 69.8 Å². The Labute approximate surface area is 169 Å². The van der Waals surface area contributed by atoms with Crippen LogP contribution in [0, 0.1) is 5.82 Å². The van der Waals surface area contributed by atoms with Crippen LogP contribution in [0.3, 0.4) is 0 Å². The van der Waals surface area contributed by atoms with Gasteiger partial charge in [0.05, 0.1) is 5.56 Å². The highest BCUT2D eigenvalue weighted by atomic mass is 32.2. The molecule has 0 radical (unpaired) electrons. The fourth-order valence-corrected chi connectivity index (χ4v) is 3.90. The van der Waals surface area contributed by atoms with E-state index in [4.69, 9.17) is 10.3 Å². The number of hydrogen-bond donors (Lipinski definition) is 2. The van der Waals surface area contributed by atoms with Gasteiger partial charge in [-0.1, -0.05) is 30.8 Å². The molecule has 2 aromatic carbocycles. The summed E-state index contributed by atoms with van der Waals surface area (Å²) in [6.45, 7) is 1.93. The molecule has 0 amide bonds. The minimum Gasteiger partial charge on any atom is -0.508 e. The predicted molar refractivity (Wildman–Crippen MR) is 109 cm³/mol. The number of rotatable bonds is 5. The average molecular weight is 412 g/mol. The lowest BCUT2D eigenvalue weighted by Gasteiger charge is -2.08. The van der Waals surface area contributed by atoms with Crippen molar-refractivity contribution >= 4 is 22.7 Å². The molecule has 3 N–H and O–H groups in total. The van der Waals surface area contributed by atoms with Crippen LogP contribution in [0.15, 0.2) is 56.8 Å². The van der Waals surface area contributed by atoms with Crippen molar-refractivity contribution in [2.24, 2.45) is 0 Å². The first kappa shape index (κ1) is 19.0. The van der Waals surface area contributed by atoms with Gasteiger partial charge in [0.1, 0.15) is 17.1 Å². The highest BCUT2D eigenvalue weighted by Gasteiger charge is 2.16. The van der Waals surface area contributed by atoms with Crippen LogP contribution in [0.1, 0.15) is 18.1 Å². The second-order valence-corrected chi connectivity index (χ2v) is 7.31. The summed E-state index contributed by atoms with van der Waals surface area (Å²) in [6.07, 6.45) is 0.636. The zero-order valence-electron chi connectivity index (χ0n) is 15.4. The van der Waals surface area contributed by atoms with Crippen molar-refractivity contribution < 1.29 is 13.9 Å². The van der Waals surface area contributed by atoms with Gasteiger partial charge in [-0.2, -0.15) is 0 Å². The molecule has 29 heavy (non-hydrogen) atoms. The summed E-state index contributed by atoms with van der Waals surface area (Å²) in [5.74, 6) is 6.28. The molecule has 0 bridgehead atoms. The minimum atomic E-state index is -0.516. The Morgan fingerprint density at radius 1 is 1.21 bits per heavy atom. The number of aromatic nitrogens is 3. The maximum atomic E-state index is 14.0. The fourth-order valence-electron chi connectivity index (χ4n) is 3.05. The first-order valence-electron chi connectivity index (χ1n) is 8.84. The third kappa shape index (κ3) is 3.56. The smallest absolute Gasteiger partial charge is 0.336 e. The van der Waals surface area contributed by atoms with Crippen molar-refractivity contribution in [2.75, 3.05) is 5.84 Å². The van der Waals surface area contributed by atoms with Gasteiger partial charge >= 0.3 is 5.63 Å². The molecular formula is C20H17FN4O3S. The molecule has 9 heteroatoms. The third-order valence-corrected chi connectivity index (χ3v) is 5.54. The van der Waals surface area contributed by atoms with E-state index in [2.05, 4.69) is 10.2 Å². The second-order valence-electron chi connectivity index (χ2n) is 6.37. The maximum Gasteiger partial charge on any atom is 0.336 e. The van der Waals surface area contributed by atoms with Gasteiger partial charge in [0.15, 0.2) is 5.82 Å². The number of phenols is 1. The number of nitrogens with zero attached hydrogens (tertiary/aromatic N) is 3. The monoisotopic (exact) mass is 412 g/mol. The lowest BCUT2D eigenvalue weighted by atomic mass is 10.1. The lowest BCUT2D eigenvalue weighted by molar-refractivity contribution is 0.466. The number of halogens is 1. The third-order valence-electron chi connectivity index (χ3n) is 4.55. The number of nitrogen functional groups attached to an aromatic ring is 1. The fraction of sp³-hybridized carbons (Fsp3) is 0.150. The van der Waals surface area contributed by atoms with Crippen LogP contribution < -0.4 is 11.5 Å². The maximum absolute atomic E-state index is 14.0. The van der Waals surface area contributed by atoms with E-state index < -0.39 is 11.4 Å². The van der Waals surface area contributed by atoms with E-state index in [1.165, 1.54) is 34.6 Å². The van der Waals surface area contributed by atoms with Crippen LogP contribution in [-0.2, 0) is 12.2 Å². The van der Waals surface area contributed by atoms with Gasteiger partial charge in [-0.25, -0.2) is 13.9 Å². The Hall–Kier alpha value is -3.33. The Balaban J connectivity index is 1.67. The molecule has 0 atom stereocenters. The van der Waals surface area contributed by atoms with E-state index in [-0.39, 0.29) is 17.1 Å². The standard InChI is InChI=1S/C20H17FN4O3S/c1-2-11-7-14-12(8-18(27)28-17(14)9-16(11)26)10-29-20-24-23-19(25(20)22)13-5-3-4-6-15(13)21/h3-9,26H,2,10,22H2,1H3. The molecule has 0 spiro atoms. The normalized spacial score (nSPS) is 11.2. The van der Waals surface area contributed by atoms with Gasteiger partial charge in [-0.15, -0.1) is 10.2 Å². The van der Waals surface area contributed by atoms with E-state index in [1.807, 2.05) is 6.92 Å². The Morgan fingerprint density at radius 3 is 2.76 bits per heavy atom. The van der Waals surface area contributed by atoms with E-state index >= 15 is 0 Å². The van der Waals surface area contributed by atoms with Gasteiger partial charge in [0, 0.05) is 23.3 Å². The number of phenolic OH excluding ortho intramolecular Hbond substituents is 1. The van der Waals surface area contributed by atoms with Crippen molar-refractivity contribution in [1.82, 2.24) is 14.9 Å². The number of nitrogens with two attached hydrogens (primary N) is 1. The molecule has 0 aliphatic rings. The summed E-state index contributed by atoms with van der Waals surface area (Å²) >= 11 is 1.26. The predicted octanol–water partition coefficient (Wildman–Crippen LogP) is 3.46. The molecule has 4 aromatic rings. The summed E-state index contributed by atoms with van der Waals surface area (Å²) < 4.78 is 20.5. The molecule has 148 valence electrons. The Morgan fingerprint density at radius 2 is 2.00 bits per heavy atom. The number of thioether (sulfide) groups is 1. The number of aromatic hydroxyl groups is 1. The topological polar surface area (TPSA) is 107 Å². The van der Waals surface area contributed by atoms with Crippen LogP contribution in [-0.4, -0.2) is 20.0 Å². The number of hydrogen-bond acceptors (Lipinski definition) is 7. The highest BCUT2D eigenvalue weighted by Crippen LogP contribution is 2.31. The van der Waals surface area contributed by atoms with Crippen LogP contribution >= 0.6 is 11.8 Å². The summed E-state index contributed by atoms with van der Waals surface area (Å²) in [7, 11) is 0. The molecule has 0 saturated heterocycles. The highest BCUT2D eigenvalue weighted by molar-refractivity contribution is 7.98. The first-order valence-corrected chi connectivity index (χ1v) is 9.83. The van der Waals surface area contributed by atoms with Gasteiger partial charge < -0.3 is 15.4 Å². The van der Waals surface area contributed by atoms with Gasteiger partial charge in [-0.3, -0.25) is 0 Å². The van der Waals surface area contributed by atoms with E-state index in [1.54, 1.807) is 24.3 Å². The van der Waals surface area contributed by atoms with Crippen molar-refractivity contribution in [1.29, 1.82) is 0 Å². The summed E-state index contributed by atoms with van der Waals surface area (Å²) in [5.41, 5.74) is 1.51. The summed E-state index contributed by atoms with van der Waals surface area (Å²) in [5, 5.41) is 19.2. The molecule has 7 nitrogen and oxygen atoms in total. The second kappa shape index (κ2) is 7.59. The molecule has 2 aromatic heterocycles. The number of benzene rings is 2. The Kier molecular flexibility index (Phi) is 4.98. The lowest BCUT2D eigenvalue weighted by Crippen LogP contribution is -2.12. The van der Waals surface area contributed by atoms with Crippen LogP contribution in [0.4, 0.5) is 4.39 Å². The van der Waals surface area contributed by atoms with Crippen LogP contribution in [0.2, 0.25) is 0 Å². The largest absolute Gasteiger partial charge is 0.508 e. The molecule has 4 rings (SSSR count).